The Morgan fingerprint density at radius 3 is 0.929 bits per heavy atom. The lowest BCUT2D eigenvalue weighted by molar-refractivity contribution is -0.167. The van der Waals surface area contributed by atoms with Crippen LogP contribution in [0.1, 0.15) is 310 Å². The molecule has 1 atom stereocenters. The summed E-state index contributed by atoms with van der Waals surface area (Å²) in [5, 5.41) is 0. The number of carbonyl (C=O) groups is 3. The Kier molecular flexibility index (Phi) is 56.3. The van der Waals surface area contributed by atoms with E-state index in [1.165, 1.54) is 180 Å². The maximum absolute atomic E-state index is 12.8. The van der Waals surface area contributed by atoms with E-state index in [1.807, 2.05) is 0 Å². The fraction of sp³-hybridized carbons (Fsp3) is 0.797. The predicted octanol–water partition coefficient (Wildman–Crippen LogP) is 20.4. The van der Waals surface area contributed by atoms with Gasteiger partial charge in [-0.05, 0) is 103 Å². The van der Waals surface area contributed by atoms with Gasteiger partial charge < -0.3 is 14.2 Å². The van der Waals surface area contributed by atoms with Crippen LogP contribution in [-0.2, 0) is 28.6 Å². The minimum atomic E-state index is -0.791. The summed E-state index contributed by atoms with van der Waals surface area (Å²) < 4.78 is 16.8. The highest BCUT2D eigenvalue weighted by atomic mass is 16.6. The van der Waals surface area contributed by atoms with E-state index in [0.717, 1.165) is 89.9 Å². The Balaban J connectivity index is 4.19. The van der Waals surface area contributed by atoms with Crippen LogP contribution in [0.2, 0.25) is 0 Å². The molecule has 6 nitrogen and oxygen atoms in total. The summed E-state index contributed by atoms with van der Waals surface area (Å²) in [7, 11) is 0. The number of rotatable bonds is 55. The lowest BCUT2D eigenvalue weighted by atomic mass is 10.0. The summed E-state index contributed by atoms with van der Waals surface area (Å²) in [6, 6.07) is 0. The van der Waals surface area contributed by atoms with Gasteiger partial charge in [0.05, 0.1) is 0 Å². The van der Waals surface area contributed by atoms with E-state index in [0.29, 0.717) is 19.3 Å². The van der Waals surface area contributed by atoms with Gasteiger partial charge in [-0.2, -0.15) is 0 Å². The number of unbranched alkanes of at least 4 members (excludes halogenated alkanes) is 34. The summed E-state index contributed by atoms with van der Waals surface area (Å²) in [4.78, 5) is 38.1. The summed E-state index contributed by atoms with van der Waals surface area (Å²) in [6.07, 6.45) is 73.8. The van der Waals surface area contributed by atoms with Crippen molar-refractivity contribution in [1.82, 2.24) is 0 Å². The molecule has 0 aliphatic rings. The van der Waals surface area contributed by atoms with Gasteiger partial charge in [-0.3, -0.25) is 14.4 Å². The Labute approximate surface area is 434 Å². The lowest BCUT2D eigenvalue weighted by Crippen LogP contribution is -2.30. The first-order chi connectivity index (χ1) is 34.5. The van der Waals surface area contributed by atoms with Crippen LogP contribution in [0.25, 0.3) is 0 Å². The molecule has 0 saturated carbocycles. The maximum atomic E-state index is 12.8. The Hall–Kier alpha value is -2.89. The summed E-state index contributed by atoms with van der Waals surface area (Å²) in [5.74, 6) is -0.916. The maximum Gasteiger partial charge on any atom is 0.306 e. The first-order valence-electron chi connectivity index (χ1n) is 30.3. The third-order valence-electron chi connectivity index (χ3n) is 13.2. The van der Waals surface area contributed by atoms with Crippen molar-refractivity contribution in [3.05, 3.63) is 60.8 Å². The molecule has 0 N–H and O–H groups in total. The SMILES string of the molecule is CC/C=C\C/C=C\C/C=C\CCCCCC(=O)OC(COC(=O)CCCCCCC/C=C\CCCCC)COC(=O)CCCCCCCCCCCCCCCCC/C=C\CCCCCCCCCC. The van der Waals surface area contributed by atoms with Gasteiger partial charge in [-0.15, -0.1) is 0 Å². The lowest BCUT2D eigenvalue weighted by Gasteiger charge is -2.18. The molecular formula is C64H114O6. The monoisotopic (exact) mass is 979 g/mol. The molecule has 70 heavy (non-hydrogen) atoms. The number of esters is 3. The molecule has 0 radical (unpaired) electrons. The quantitative estimate of drug-likeness (QED) is 0.0261. The van der Waals surface area contributed by atoms with E-state index >= 15 is 0 Å². The average Bonchev–Trinajstić information content (AvgIpc) is 3.36. The van der Waals surface area contributed by atoms with Crippen molar-refractivity contribution in [1.29, 1.82) is 0 Å². The fourth-order valence-corrected chi connectivity index (χ4v) is 8.68. The molecule has 1 unspecified atom stereocenters. The minimum Gasteiger partial charge on any atom is -0.462 e. The number of hydrogen-bond acceptors (Lipinski definition) is 6. The Morgan fingerprint density at radius 1 is 0.300 bits per heavy atom. The number of ether oxygens (including phenoxy) is 3. The van der Waals surface area contributed by atoms with Crippen LogP contribution in [-0.4, -0.2) is 37.2 Å². The molecule has 0 heterocycles. The topological polar surface area (TPSA) is 78.9 Å². The zero-order chi connectivity index (χ0) is 50.7. The smallest absolute Gasteiger partial charge is 0.306 e. The van der Waals surface area contributed by atoms with E-state index in [1.54, 1.807) is 0 Å². The Bertz CT molecular complexity index is 1260. The molecule has 0 rings (SSSR count). The van der Waals surface area contributed by atoms with Gasteiger partial charge in [-0.25, -0.2) is 0 Å². The van der Waals surface area contributed by atoms with E-state index < -0.39 is 6.10 Å². The van der Waals surface area contributed by atoms with Crippen LogP contribution >= 0.6 is 0 Å². The van der Waals surface area contributed by atoms with Gasteiger partial charge in [0.25, 0.3) is 0 Å². The molecule has 0 bridgehead atoms. The van der Waals surface area contributed by atoms with Crippen LogP contribution in [0.4, 0.5) is 0 Å². The zero-order valence-corrected chi connectivity index (χ0v) is 46.5. The number of carbonyl (C=O) groups excluding carboxylic acids is 3. The van der Waals surface area contributed by atoms with Crippen LogP contribution in [0.5, 0.6) is 0 Å². The summed E-state index contributed by atoms with van der Waals surface area (Å²) in [6.45, 7) is 6.49. The first-order valence-corrected chi connectivity index (χ1v) is 30.3. The molecule has 406 valence electrons. The third-order valence-corrected chi connectivity index (χ3v) is 13.2. The van der Waals surface area contributed by atoms with E-state index in [4.69, 9.17) is 14.2 Å². The average molecular weight is 980 g/mol. The molecule has 0 aromatic rings. The van der Waals surface area contributed by atoms with E-state index in [2.05, 4.69) is 81.5 Å². The molecule has 0 aromatic heterocycles. The zero-order valence-electron chi connectivity index (χ0n) is 46.5. The number of hydrogen-bond donors (Lipinski definition) is 0. The van der Waals surface area contributed by atoms with Gasteiger partial charge in [0.1, 0.15) is 13.2 Å². The summed E-state index contributed by atoms with van der Waals surface area (Å²) in [5.41, 5.74) is 0. The third kappa shape index (κ3) is 56.0. The highest BCUT2D eigenvalue weighted by Crippen LogP contribution is 2.16. The van der Waals surface area contributed by atoms with Gasteiger partial charge in [0, 0.05) is 19.3 Å². The second kappa shape index (κ2) is 58.7. The fourth-order valence-electron chi connectivity index (χ4n) is 8.68. The molecule has 0 spiro atoms. The predicted molar refractivity (Wildman–Crippen MR) is 302 cm³/mol. The van der Waals surface area contributed by atoms with Crippen molar-refractivity contribution in [3.8, 4) is 0 Å². The standard InChI is InChI=1S/C64H114O6/c1-4-7-10-13-16-19-22-25-26-27-28-29-30-31-32-33-34-35-36-37-38-40-42-45-48-51-54-57-63(66)69-60-61(59-68-62(65)56-53-50-47-44-41-24-21-18-15-12-9-6-3)70-64(67)58-55-52-49-46-43-39-23-20-17-14-11-8-5-2/h8,11,17-18,20-21,27-28,39,43,61H,4-7,9-10,12-16,19,22-26,29-38,40-42,44-60H2,1-3H3/b11-8-,20-17-,21-18-,28-27-,43-39-. The molecule has 6 heteroatoms. The van der Waals surface area contributed by atoms with Gasteiger partial charge >= 0.3 is 17.9 Å². The highest BCUT2D eigenvalue weighted by Gasteiger charge is 2.19. The second-order valence-electron chi connectivity index (χ2n) is 20.2. The van der Waals surface area contributed by atoms with Gasteiger partial charge in [0.2, 0.25) is 0 Å². The largest absolute Gasteiger partial charge is 0.462 e. The Morgan fingerprint density at radius 2 is 0.557 bits per heavy atom. The first kappa shape index (κ1) is 67.1. The van der Waals surface area contributed by atoms with Crippen molar-refractivity contribution in [2.45, 2.75) is 316 Å². The molecule has 0 aliphatic carbocycles. The van der Waals surface area contributed by atoms with Crippen LogP contribution in [0.3, 0.4) is 0 Å². The van der Waals surface area contributed by atoms with Crippen molar-refractivity contribution < 1.29 is 28.6 Å². The normalized spacial score (nSPS) is 12.4. The van der Waals surface area contributed by atoms with Gasteiger partial charge in [0.15, 0.2) is 6.10 Å². The van der Waals surface area contributed by atoms with Crippen LogP contribution in [0.15, 0.2) is 60.8 Å². The van der Waals surface area contributed by atoms with Crippen molar-refractivity contribution in [3.63, 3.8) is 0 Å². The second-order valence-corrected chi connectivity index (χ2v) is 20.2. The van der Waals surface area contributed by atoms with Gasteiger partial charge in [-0.1, -0.05) is 248 Å². The van der Waals surface area contributed by atoms with Crippen molar-refractivity contribution in [2.75, 3.05) is 13.2 Å². The van der Waals surface area contributed by atoms with E-state index in [9.17, 15) is 14.4 Å². The number of allylic oxidation sites excluding steroid dienone is 10. The van der Waals surface area contributed by atoms with Crippen LogP contribution in [0, 0.1) is 0 Å². The summed E-state index contributed by atoms with van der Waals surface area (Å²) >= 11 is 0. The molecule has 0 saturated heterocycles. The van der Waals surface area contributed by atoms with Crippen molar-refractivity contribution in [2.24, 2.45) is 0 Å². The molecule has 0 aliphatic heterocycles. The van der Waals surface area contributed by atoms with E-state index in [-0.39, 0.29) is 31.1 Å². The van der Waals surface area contributed by atoms with Crippen LogP contribution < -0.4 is 0 Å². The minimum absolute atomic E-state index is 0.0869. The molecule has 0 fully saturated rings. The molecule has 0 amide bonds. The van der Waals surface area contributed by atoms with Crippen molar-refractivity contribution >= 4 is 17.9 Å². The molecule has 0 aromatic carbocycles. The highest BCUT2D eigenvalue weighted by molar-refractivity contribution is 5.71. The molecular weight excluding hydrogens is 865 g/mol.